The predicted octanol–water partition coefficient (Wildman–Crippen LogP) is 4.77. The van der Waals surface area contributed by atoms with Gasteiger partial charge in [0.1, 0.15) is 5.82 Å². The average molecular weight is 358 g/mol. The smallest absolute Gasteiger partial charge is 0.343 e. The number of nitrogens with one attached hydrogen (secondary N) is 1. The molecule has 1 aromatic heterocycles. The molecule has 0 aliphatic carbocycles. The highest BCUT2D eigenvalue weighted by Gasteiger charge is 2.14. The normalized spacial score (nSPS) is 10.7. The third kappa shape index (κ3) is 3.40. The lowest BCUT2D eigenvalue weighted by Gasteiger charge is -2.10. The van der Waals surface area contributed by atoms with Gasteiger partial charge in [-0.1, -0.05) is 29.8 Å². The first-order valence-electron chi connectivity index (χ1n) is 8.56. The van der Waals surface area contributed by atoms with Gasteiger partial charge < -0.3 is 14.5 Å². The number of methoxy groups -OCH3 is 1. The molecular formula is C22H18N2O3. The Hall–Kier alpha value is -3.60. The van der Waals surface area contributed by atoms with Crippen LogP contribution >= 0.6 is 0 Å². The van der Waals surface area contributed by atoms with Crippen molar-refractivity contribution in [2.45, 2.75) is 6.92 Å². The van der Waals surface area contributed by atoms with Crippen LogP contribution in [0.25, 0.3) is 22.4 Å². The highest BCUT2D eigenvalue weighted by Crippen LogP contribution is 2.32. The van der Waals surface area contributed by atoms with Gasteiger partial charge >= 0.3 is 5.97 Å². The van der Waals surface area contributed by atoms with Crippen LogP contribution in [-0.4, -0.2) is 23.0 Å². The fraction of sp³-hybridized carbons (Fsp3) is 0.0909. The molecule has 3 aromatic carbocycles. The van der Waals surface area contributed by atoms with Crippen LogP contribution < -0.4 is 9.47 Å². The van der Waals surface area contributed by atoms with Crippen molar-refractivity contribution in [3.8, 4) is 22.9 Å². The van der Waals surface area contributed by atoms with Gasteiger partial charge in [-0.15, -0.1) is 0 Å². The van der Waals surface area contributed by atoms with E-state index in [4.69, 9.17) is 9.47 Å². The van der Waals surface area contributed by atoms with Gasteiger partial charge in [0.2, 0.25) is 0 Å². The minimum Gasteiger partial charge on any atom is -0.493 e. The summed E-state index contributed by atoms with van der Waals surface area (Å²) in [6, 6.07) is 20.5. The summed E-state index contributed by atoms with van der Waals surface area (Å²) in [5.74, 6) is 1.14. The second-order valence-electron chi connectivity index (χ2n) is 6.23. The monoisotopic (exact) mass is 358 g/mol. The summed E-state index contributed by atoms with van der Waals surface area (Å²) in [5.41, 5.74) is 4.19. The summed E-state index contributed by atoms with van der Waals surface area (Å²) in [5, 5.41) is 0. The van der Waals surface area contributed by atoms with Crippen molar-refractivity contribution >= 4 is 17.0 Å². The Morgan fingerprint density at radius 2 is 1.81 bits per heavy atom. The molecule has 0 atom stereocenters. The van der Waals surface area contributed by atoms with Crippen LogP contribution in [0.2, 0.25) is 0 Å². The van der Waals surface area contributed by atoms with Crippen LogP contribution in [0.15, 0.2) is 66.7 Å². The Morgan fingerprint density at radius 3 is 2.59 bits per heavy atom. The molecule has 0 radical (unpaired) electrons. The number of imidazole rings is 1. The summed E-state index contributed by atoms with van der Waals surface area (Å²) >= 11 is 0. The molecule has 0 spiro atoms. The molecule has 1 heterocycles. The van der Waals surface area contributed by atoms with E-state index in [1.165, 1.54) is 0 Å². The van der Waals surface area contributed by atoms with E-state index in [9.17, 15) is 4.79 Å². The Bertz CT molecular complexity index is 1100. The number of para-hydroxylation sites is 2. The quantitative estimate of drug-likeness (QED) is 0.422. The molecular weight excluding hydrogens is 340 g/mol. The number of aromatic amines is 1. The number of aryl methyl sites for hydroxylation is 1. The molecule has 27 heavy (non-hydrogen) atoms. The number of aromatic nitrogens is 2. The van der Waals surface area contributed by atoms with Crippen molar-refractivity contribution in [3.63, 3.8) is 0 Å². The van der Waals surface area contributed by atoms with Crippen molar-refractivity contribution in [2.75, 3.05) is 7.11 Å². The highest BCUT2D eigenvalue weighted by atomic mass is 16.6. The topological polar surface area (TPSA) is 64.2 Å². The number of esters is 1. The Labute approximate surface area is 156 Å². The Balaban J connectivity index is 1.64. The molecule has 5 nitrogen and oxygen atoms in total. The molecule has 0 aliphatic heterocycles. The lowest BCUT2D eigenvalue weighted by molar-refractivity contribution is 0.0729. The van der Waals surface area contributed by atoms with E-state index >= 15 is 0 Å². The first kappa shape index (κ1) is 16.8. The summed E-state index contributed by atoms with van der Waals surface area (Å²) in [7, 11) is 1.54. The van der Waals surface area contributed by atoms with Crippen LogP contribution in [-0.2, 0) is 0 Å². The van der Waals surface area contributed by atoms with Gasteiger partial charge in [0.25, 0.3) is 0 Å². The molecule has 1 N–H and O–H groups in total. The number of rotatable bonds is 4. The summed E-state index contributed by atoms with van der Waals surface area (Å²) < 4.78 is 11.0. The first-order valence-corrected chi connectivity index (χ1v) is 8.56. The second-order valence-corrected chi connectivity index (χ2v) is 6.23. The van der Waals surface area contributed by atoms with Gasteiger partial charge in [0.05, 0.1) is 23.7 Å². The Kier molecular flexibility index (Phi) is 4.34. The number of carbonyl (C=O) groups is 1. The van der Waals surface area contributed by atoms with Crippen LogP contribution in [0, 0.1) is 6.92 Å². The van der Waals surface area contributed by atoms with Crippen LogP contribution in [0.4, 0.5) is 0 Å². The maximum absolute atomic E-state index is 12.4. The second kappa shape index (κ2) is 6.96. The van der Waals surface area contributed by atoms with E-state index < -0.39 is 5.97 Å². The van der Waals surface area contributed by atoms with Gasteiger partial charge in [0.15, 0.2) is 11.5 Å². The van der Waals surface area contributed by atoms with Crippen molar-refractivity contribution in [3.05, 3.63) is 77.9 Å². The highest BCUT2D eigenvalue weighted by molar-refractivity contribution is 5.91. The third-order valence-electron chi connectivity index (χ3n) is 4.28. The third-order valence-corrected chi connectivity index (χ3v) is 4.28. The molecule has 4 aromatic rings. The number of ether oxygens (including phenoxy) is 2. The molecule has 134 valence electrons. The maximum Gasteiger partial charge on any atom is 0.343 e. The Morgan fingerprint density at radius 1 is 0.963 bits per heavy atom. The summed E-state index contributed by atoms with van der Waals surface area (Å²) in [4.78, 5) is 20.3. The van der Waals surface area contributed by atoms with E-state index in [0.717, 1.165) is 28.0 Å². The van der Waals surface area contributed by atoms with Crippen molar-refractivity contribution in [2.24, 2.45) is 0 Å². The predicted molar refractivity (Wildman–Crippen MR) is 104 cm³/mol. The average Bonchev–Trinajstić information content (AvgIpc) is 3.12. The fourth-order valence-electron chi connectivity index (χ4n) is 2.92. The minimum atomic E-state index is -0.423. The number of hydrogen-bond donors (Lipinski definition) is 1. The first-order chi connectivity index (χ1) is 13.1. The molecule has 0 aliphatic rings. The van der Waals surface area contributed by atoms with Crippen molar-refractivity contribution < 1.29 is 14.3 Å². The van der Waals surface area contributed by atoms with E-state index in [0.29, 0.717) is 17.1 Å². The van der Waals surface area contributed by atoms with Crippen LogP contribution in [0.3, 0.4) is 0 Å². The number of H-pyrrole nitrogens is 1. The van der Waals surface area contributed by atoms with Gasteiger partial charge in [0, 0.05) is 5.56 Å². The molecule has 4 rings (SSSR count). The number of benzene rings is 3. The maximum atomic E-state index is 12.4. The number of hydrogen-bond acceptors (Lipinski definition) is 4. The van der Waals surface area contributed by atoms with E-state index in [-0.39, 0.29) is 0 Å². The molecule has 0 saturated heterocycles. The van der Waals surface area contributed by atoms with E-state index in [1.807, 2.05) is 49.4 Å². The number of nitrogens with zero attached hydrogens (tertiary/aromatic N) is 1. The molecule has 0 saturated carbocycles. The summed E-state index contributed by atoms with van der Waals surface area (Å²) in [6.07, 6.45) is 0. The van der Waals surface area contributed by atoms with Crippen molar-refractivity contribution in [1.29, 1.82) is 0 Å². The zero-order valence-corrected chi connectivity index (χ0v) is 15.0. The molecule has 5 heteroatoms. The van der Waals surface area contributed by atoms with Crippen LogP contribution in [0.5, 0.6) is 11.5 Å². The van der Waals surface area contributed by atoms with Gasteiger partial charge in [-0.3, -0.25) is 0 Å². The zero-order valence-electron chi connectivity index (χ0n) is 15.0. The van der Waals surface area contributed by atoms with E-state index in [1.54, 1.807) is 31.4 Å². The lowest BCUT2D eigenvalue weighted by Crippen LogP contribution is -2.09. The molecule has 0 bridgehead atoms. The molecule has 0 unspecified atom stereocenters. The number of fused-ring (bicyclic) bond motifs is 1. The van der Waals surface area contributed by atoms with Crippen molar-refractivity contribution in [1.82, 2.24) is 9.97 Å². The van der Waals surface area contributed by atoms with Gasteiger partial charge in [-0.25, -0.2) is 9.78 Å². The lowest BCUT2D eigenvalue weighted by atomic mass is 10.1. The molecule has 0 amide bonds. The zero-order chi connectivity index (χ0) is 18.8. The standard InChI is InChI=1S/C22H18N2O3/c1-14-6-5-7-16(12-14)22(25)27-19-11-10-15(13-20(19)26-2)21-23-17-8-3-4-9-18(17)24-21/h3-13H,1-2H3,(H,23,24). The summed E-state index contributed by atoms with van der Waals surface area (Å²) in [6.45, 7) is 1.93. The largest absolute Gasteiger partial charge is 0.493 e. The van der Waals surface area contributed by atoms with Gasteiger partial charge in [-0.2, -0.15) is 0 Å². The van der Waals surface area contributed by atoms with E-state index in [2.05, 4.69) is 9.97 Å². The molecule has 0 fully saturated rings. The number of carbonyl (C=O) groups excluding carboxylic acids is 1. The van der Waals surface area contributed by atoms with Gasteiger partial charge in [-0.05, 0) is 49.4 Å². The minimum absolute atomic E-state index is 0.365. The fourth-order valence-corrected chi connectivity index (χ4v) is 2.92. The SMILES string of the molecule is COc1cc(-c2nc3ccccc3[nH]2)ccc1OC(=O)c1cccc(C)c1. The van der Waals surface area contributed by atoms with Crippen LogP contribution in [0.1, 0.15) is 15.9 Å².